The summed E-state index contributed by atoms with van der Waals surface area (Å²) in [5.74, 6) is 1.29. The molecule has 0 fully saturated rings. The number of amides is 1. The van der Waals surface area contributed by atoms with Crippen molar-refractivity contribution in [2.24, 2.45) is 0 Å². The highest BCUT2D eigenvalue weighted by Crippen LogP contribution is 2.21. The second-order valence-electron chi connectivity index (χ2n) is 6.07. The van der Waals surface area contributed by atoms with Crippen LogP contribution in [0.2, 0.25) is 0 Å². The van der Waals surface area contributed by atoms with E-state index in [2.05, 4.69) is 11.1 Å². The minimum atomic E-state index is 0.0235. The van der Waals surface area contributed by atoms with E-state index in [4.69, 9.17) is 9.68 Å². The number of nitrogens with zero attached hydrogens (tertiary/aromatic N) is 3. The Bertz CT molecular complexity index is 711. The lowest BCUT2D eigenvalue weighted by Crippen LogP contribution is -2.37. The first-order chi connectivity index (χ1) is 11.5. The van der Waals surface area contributed by atoms with Crippen molar-refractivity contribution in [1.29, 1.82) is 5.26 Å². The maximum absolute atomic E-state index is 12.3. The molecule has 0 saturated carbocycles. The standard InChI is InChI=1S/C19H23N3O2/c1-14(2)22(12-4-11-20)19(23)10-9-18-21-13-17(24-18)16-7-5-15(3)6-8-16/h5-8,13-14H,4,9-10,12H2,1-3H3. The van der Waals surface area contributed by atoms with Crippen molar-refractivity contribution in [1.82, 2.24) is 9.88 Å². The van der Waals surface area contributed by atoms with Crippen LogP contribution in [0.25, 0.3) is 11.3 Å². The van der Waals surface area contributed by atoms with Gasteiger partial charge in [0.1, 0.15) is 0 Å². The SMILES string of the molecule is Cc1ccc(-c2cnc(CCC(=O)N(CCC#N)C(C)C)o2)cc1. The van der Waals surface area contributed by atoms with E-state index in [0.29, 0.717) is 37.5 Å². The maximum atomic E-state index is 12.3. The van der Waals surface area contributed by atoms with E-state index in [1.165, 1.54) is 5.56 Å². The molecule has 0 radical (unpaired) electrons. The van der Waals surface area contributed by atoms with Gasteiger partial charge in [-0.25, -0.2) is 4.98 Å². The van der Waals surface area contributed by atoms with Gasteiger partial charge in [-0.3, -0.25) is 4.79 Å². The van der Waals surface area contributed by atoms with E-state index >= 15 is 0 Å². The Morgan fingerprint density at radius 1 is 1.33 bits per heavy atom. The fourth-order valence-electron chi connectivity index (χ4n) is 2.48. The van der Waals surface area contributed by atoms with Crippen LogP contribution in [-0.2, 0) is 11.2 Å². The van der Waals surface area contributed by atoms with Crippen LogP contribution in [0.4, 0.5) is 0 Å². The zero-order valence-electron chi connectivity index (χ0n) is 14.5. The van der Waals surface area contributed by atoms with Gasteiger partial charge in [-0.15, -0.1) is 0 Å². The van der Waals surface area contributed by atoms with Gasteiger partial charge in [0.2, 0.25) is 5.91 Å². The normalized spacial score (nSPS) is 10.6. The second-order valence-corrected chi connectivity index (χ2v) is 6.07. The van der Waals surface area contributed by atoms with Gasteiger partial charge in [-0.2, -0.15) is 5.26 Å². The average molecular weight is 325 g/mol. The highest BCUT2D eigenvalue weighted by atomic mass is 16.4. The third kappa shape index (κ3) is 4.69. The number of rotatable bonds is 7. The molecule has 2 aromatic rings. The van der Waals surface area contributed by atoms with Crippen LogP contribution < -0.4 is 0 Å². The molecular weight excluding hydrogens is 302 g/mol. The quantitative estimate of drug-likeness (QED) is 0.777. The molecule has 5 nitrogen and oxygen atoms in total. The Labute approximate surface area is 142 Å². The molecule has 0 aliphatic carbocycles. The fraction of sp³-hybridized carbons (Fsp3) is 0.421. The molecule has 5 heteroatoms. The number of benzene rings is 1. The second kappa shape index (κ2) is 8.30. The lowest BCUT2D eigenvalue weighted by Gasteiger charge is -2.25. The van der Waals surface area contributed by atoms with Crippen molar-refractivity contribution < 1.29 is 9.21 Å². The summed E-state index contributed by atoms with van der Waals surface area (Å²) in [4.78, 5) is 18.3. The third-order valence-electron chi connectivity index (χ3n) is 3.85. The average Bonchev–Trinajstić information content (AvgIpc) is 3.02. The Kier molecular flexibility index (Phi) is 6.14. The molecule has 0 aliphatic rings. The van der Waals surface area contributed by atoms with Crippen LogP contribution in [0.1, 0.15) is 38.1 Å². The minimum Gasteiger partial charge on any atom is -0.441 e. The maximum Gasteiger partial charge on any atom is 0.223 e. The predicted molar refractivity (Wildman–Crippen MR) is 92.1 cm³/mol. The first kappa shape index (κ1) is 17.7. The number of hydrogen-bond donors (Lipinski definition) is 0. The largest absolute Gasteiger partial charge is 0.441 e. The van der Waals surface area contributed by atoms with Gasteiger partial charge in [0, 0.05) is 31.0 Å². The molecule has 126 valence electrons. The van der Waals surface area contributed by atoms with Gasteiger partial charge >= 0.3 is 0 Å². The molecule has 24 heavy (non-hydrogen) atoms. The number of aryl methyl sites for hydroxylation is 2. The summed E-state index contributed by atoms with van der Waals surface area (Å²) < 4.78 is 5.75. The highest BCUT2D eigenvalue weighted by Gasteiger charge is 2.17. The molecule has 0 spiro atoms. The molecule has 0 bridgehead atoms. The number of carbonyl (C=O) groups is 1. The topological polar surface area (TPSA) is 70.1 Å². The Balaban J connectivity index is 1.96. The highest BCUT2D eigenvalue weighted by molar-refractivity contribution is 5.76. The van der Waals surface area contributed by atoms with Gasteiger partial charge in [0.25, 0.3) is 0 Å². The van der Waals surface area contributed by atoms with Crippen LogP contribution in [0, 0.1) is 18.3 Å². The molecule has 0 aliphatic heterocycles. The summed E-state index contributed by atoms with van der Waals surface area (Å²) in [5.41, 5.74) is 2.17. The van der Waals surface area contributed by atoms with Crippen molar-refractivity contribution in [2.45, 2.75) is 46.1 Å². The molecular formula is C19H23N3O2. The Morgan fingerprint density at radius 3 is 2.67 bits per heavy atom. The summed E-state index contributed by atoms with van der Waals surface area (Å²) >= 11 is 0. The molecule has 2 rings (SSSR count). The third-order valence-corrected chi connectivity index (χ3v) is 3.85. The van der Waals surface area contributed by atoms with Gasteiger partial charge in [0.05, 0.1) is 18.7 Å². The first-order valence-electron chi connectivity index (χ1n) is 8.19. The monoisotopic (exact) mass is 325 g/mol. The Morgan fingerprint density at radius 2 is 2.04 bits per heavy atom. The summed E-state index contributed by atoms with van der Waals surface area (Å²) in [6.45, 7) is 6.41. The number of oxazole rings is 1. The molecule has 0 N–H and O–H groups in total. The Hall–Kier alpha value is -2.61. The van der Waals surface area contributed by atoms with Crippen LogP contribution in [0.3, 0.4) is 0 Å². The van der Waals surface area contributed by atoms with Crippen LogP contribution in [0.5, 0.6) is 0 Å². The van der Waals surface area contributed by atoms with Crippen molar-refractivity contribution in [3.8, 4) is 17.4 Å². The van der Waals surface area contributed by atoms with Gasteiger partial charge in [-0.1, -0.05) is 29.8 Å². The van der Waals surface area contributed by atoms with E-state index < -0.39 is 0 Å². The summed E-state index contributed by atoms with van der Waals surface area (Å²) in [5, 5.41) is 8.70. The zero-order valence-corrected chi connectivity index (χ0v) is 14.5. The van der Waals surface area contributed by atoms with E-state index in [-0.39, 0.29) is 11.9 Å². The molecule has 1 aromatic carbocycles. The van der Waals surface area contributed by atoms with E-state index in [0.717, 1.165) is 5.56 Å². The van der Waals surface area contributed by atoms with Crippen molar-refractivity contribution in [2.75, 3.05) is 6.54 Å². The number of carbonyl (C=O) groups excluding carboxylic acids is 1. The van der Waals surface area contributed by atoms with Crippen molar-refractivity contribution >= 4 is 5.91 Å². The summed E-state index contributed by atoms with van der Waals surface area (Å²) in [6.07, 6.45) is 2.83. The first-order valence-corrected chi connectivity index (χ1v) is 8.19. The van der Waals surface area contributed by atoms with Crippen molar-refractivity contribution in [3.05, 3.63) is 41.9 Å². The number of hydrogen-bond acceptors (Lipinski definition) is 4. The molecule has 0 atom stereocenters. The van der Waals surface area contributed by atoms with Crippen LogP contribution in [-0.4, -0.2) is 28.4 Å². The lowest BCUT2D eigenvalue weighted by atomic mass is 10.1. The fourth-order valence-corrected chi connectivity index (χ4v) is 2.48. The van der Waals surface area contributed by atoms with Gasteiger partial charge in [-0.05, 0) is 20.8 Å². The number of aromatic nitrogens is 1. The molecule has 1 aromatic heterocycles. The zero-order chi connectivity index (χ0) is 17.5. The van der Waals surface area contributed by atoms with Gasteiger partial charge in [0.15, 0.2) is 11.7 Å². The molecule has 1 heterocycles. The van der Waals surface area contributed by atoms with Gasteiger partial charge < -0.3 is 9.32 Å². The van der Waals surface area contributed by atoms with E-state index in [1.54, 1.807) is 11.1 Å². The van der Waals surface area contributed by atoms with E-state index in [1.807, 2.05) is 45.0 Å². The molecule has 1 amide bonds. The van der Waals surface area contributed by atoms with E-state index in [9.17, 15) is 4.79 Å². The molecule has 0 unspecified atom stereocenters. The smallest absolute Gasteiger partial charge is 0.223 e. The minimum absolute atomic E-state index is 0.0235. The van der Waals surface area contributed by atoms with Crippen LogP contribution in [0.15, 0.2) is 34.9 Å². The predicted octanol–water partition coefficient (Wildman–Crippen LogP) is 3.73. The van der Waals surface area contributed by atoms with Crippen molar-refractivity contribution in [3.63, 3.8) is 0 Å². The number of nitriles is 1. The van der Waals surface area contributed by atoms with Crippen LogP contribution >= 0.6 is 0 Å². The summed E-state index contributed by atoms with van der Waals surface area (Å²) in [6, 6.07) is 10.2. The molecule has 0 saturated heterocycles. The summed E-state index contributed by atoms with van der Waals surface area (Å²) in [7, 11) is 0. The lowest BCUT2D eigenvalue weighted by molar-refractivity contribution is -0.132.